The van der Waals surface area contributed by atoms with Crippen molar-refractivity contribution in [2.75, 3.05) is 20.3 Å². The second kappa shape index (κ2) is 6.55. The smallest absolute Gasteiger partial charge is 0.136 e. The molecule has 0 aromatic heterocycles. The first-order valence-corrected chi connectivity index (χ1v) is 7.18. The highest BCUT2D eigenvalue weighted by Gasteiger charge is 2.23. The van der Waals surface area contributed by atoms with Crippen LogP contribution in [0.15, 0.2) is 22.7 Å². The Hall–Kier alpha value is -0.580. The number of rotatable bonds is 5. The molecule has 2 atom stereocenters. The van der Waals surface area contributed by atoms with E-state index in [1.54, 1.807) is 7.11 Å². The Kier molecular flexibility index (Phi) is 5.03. The summed E-state index contributed by atoms with van der Waals surface area (Å²) in [6.07, 6.45) is 2.40. The molecular weight excluding hydrogens is 294 g/mol. The lowest BCUT2D eigenvalue weighted by atomic mass is 10.1. The first-order chi connectivity index (χ1) is 8.72. The van der Waals surface area contributed by atoms with Gasteiger partial charge in [-0.25, -0.2) is 0 Å². The fourth-order valence-electron chi connectivity index (χ4n) is 2.37. The van der Waals surface area contributed by atoms with Crippen LogP contribution >= 0.6 is 15.9 Å². The minimum atomic E-state index is 0.328. The summed E-state index contributed by atoms with van der Waals surface area (Å²) in [5.74, 6) is 0.940. The molecule has 0 aliphatic carbocycles. The summed E-state index contributed by atoms with van der Waals surface area (Å²) < 4.78 is 12.0. The maximum atomic E-state index is 5.54. The molecule has 1 aromatic rings. The Balaban J connectivity index is 1.88. The van der Waals surface area contributed by atoms with Crippen molar-refractivity contribution in [3.8, 4) is 5.75 Å². The molecule has 0 bridgehead atoms. The molecule has 2 rings (SSSR count). The number of para-hydroxylation sites is 1. The van der Waals surface area contributed by atoms with Crippen molar-refractivity contribution in [2.45, 2.75) is 31.9 Å². The number of hydrogen-bond donors (Lipinski definition) is 1. The van der Waals surface area contributed by atoms with E-state index in [1.807, 2.05) is 12.1 Å². The standard InChI is InChI=1S/C14H20BrNO2/c1-10-13(7-9-18-10)16-8-6-11-4-3-5-12(15)14(11)17-2/h3-5,10,13,16H,6-9H2,1-2H3/t10-,13+/m0/s1. The molecule has 0 amide bonds. The van der Waals surface area contributed by atoms with Gasteiger partial charge in [0.2, 0.25) is 0 Å². The highest BCUT2D eigenvalue weighted by atomic mass is 79.9. The topological polar surface area (TPSA) is 30.5 Å². The largest absolute Gasteiger partial charge is 0.495 e. The van der Waals surface area contributed by atoms with Gasteiger partial charge in [-0.1, -0.05) is 12.1 Å². The summed E-state index contributed by atoms with van der Waals surface area (Å²) >= 11 is 3.51. The molecule has 0 unspecified atom stereocenters. The van der Waals surface area contributed by atoms with Gasteiger partial charge in [0.1, 0.15) is 5.75 Å². The summed E-state index contributed by atoms with van der Waals surface area (Å²) in [5.41, 5.74) is 1.23. The molecule has 0 radical (unpaired) electrons. The predicted molar refractivity (Wildman–Crippen MR) is 76.2 cm³/mol. The van der Waals surface area contributed by atoms with Crippen LogP contribution in [0.25, 0.3) is 0 Å². The Morgan fingerprint density at radius 3 is 3.00 bits per heavy atom. The molecule has 1 saturated heterocycles. The van der Waals surface area contributed by atoms with Crippen molar-refractivity contribution in [3.63, 3.8) is 0 Å². The monoisotopic (exact) mass is 313 g/mol. The number of ether oxygens (including phenoxy) is 2. The molecule has 1 N–H and O–H groups in total. The highest BCUT2D eigenvalue weighted by molar-refractivity contribution is 9.10. The van der Waals surface area contributed by atoms with Gasteiger partial charge in [0, 0.05) is 12.6 Å². The van der Waals surface area contributed by atoms with Crippen molar-refractivity contribution in [2.24, 2.45) is 0 Å². The first kappa shape index (κ1) is 13.8. The lowest BCUT2D eigenvalue weighted by Gasteiger charge is -2.16. The van der Waals surface area contributed by atoms with E-state index in [9.17, 15) is 0 Å². The lowest BCUT2D eigenvalue weighted by molar-refractivity contribution is 0.113. The molecule has 0 saturated carbocycles. The quantitative estimate of drug-likeness (QED) is 0.906. The van der Waals surface area contributed by atoms with Crippen LogP contribution in [0, 0.1) is 0 Å². The van der Waals surface area contributed by atoms with E-state index in [0.29, 0.717) is 12.1 Å². The van der Waals surface area contributed by atoms with E-state index in [4.69, 9.17) is 9.47 Å². The third-order valence-corrected chi connectivity index (χ3v) is 4.05. The zero-order valence-corrected chi connectivity index (χ0v) is 12.5. The number of nitrogens with one attached hydrogen (secondary N) is 1. The maximum absolute atomic E-state index is 5.54. The number of methoxy groups -OCH3 is 1. The number of benzene rings is 1. The summed E-state index contributed by atoms with van der Waals surface area (Å²) in [6.45, 7) is 3.95. The maximum Gasteiger partial charge on any atom is 0.136 e. The van der Waals surface area contributed by atoms with Crippen molar-refractivity contribution in [1.82, 2.24) is 5.32 Å². The minimum Gasteiger partial charge on any atom is -0.495 e. The van der Waals surface area contributed by atoms with Crippen molar-refractivity contribution >= 4 is 15.9 Å². The third-order valence-electron chi connectivity index (χ3n) is 3.43. The van der Waals surface area contributed by atoms with Gasteiger partial charge in [-0.3, -0.25) is 0 Å². The SMILES string of the molecule is COc1c(Br)cccc1CCN[C@@H]1CCO[C@H]1C. The Labute approximate surface area is 117 Å². The zero-order chi connectivity index (χ0) is 13.0. The lowest BCUT2D eigenvalue weighted by Crippen LogP contribution is -2.35. The van der Waals surface area contributed by atoms with Gasteiger partial charge >= 0.3 is 0 Å². The predicted octanol–water partition coefficient (Wildman–Crippen LogP) is 2.77. The fraction of sp³-hybridized carbons (Fsp3) is 0.571. The Morgan fingerprint density at radius 2 is 2.33 bits per heavy atom. The van der Waals surface area contributed by atoms with Crippen LogP contribution in [-0.4, -0.2) is 32.4 Å². The molecule has 18 heavy (non-hydrogen) atoms. The van der Waals surface area contributed by atoms with Crippen LogP contribution in [0.4, 0.5) is 0 Å². The van der Waals surface area contributed by atoms with Crippen LogP contribution < -0.4 is 10.1 Å². The van der Waals surface area contributed by atoms with Gasteiger partial charge in [0.25, 0.3) is 0 Å². The fourth-order valence-corrected chi connectivity index (χ4v) is 2.94. The van der Waals surface area contributed by atoms with Crippen molar-refractivity contribution in [1.29, 1.82) is 0 Å². The van der Waals surface area contributed by atoms with Crippen LogP contribution in [0.3, 0.4) is 0 Å². The summed E-state index contributed by atoms with van der Waals surface area (Å²) in [4.78, 5) is 0. The molecule has 1 heterocycles. The first-order valence-electron chi connectivity index (χ1n) is 6.38. The van der Waals surface area contributed by atoms with E-state index in [0.717, 1.165) is 36.2 Å². The Bertz CT molecular complexity index is 397. The molecular formula is C14H20BrNO2. The molecule has 1 aliphatic rings. The molecule has 4 heteroatoms. The van der Waals surface area contributed by atoms with Crippen LogP contribution in [0.5, 0.6) is 5.75 Å². The zero-order valence-electron chi connectivity index (χ0n) is 10.9. The molecule has 100 valence electrons. The van der Waals surface area contributed by atoms with E-state index < -0.39 is 0 Å². The molecule has 1 aliphatic heterocycles. The van der Waals surface area contributed by atoms with E-state index in [-0.39, 0.29) is 0 Å². The van der Waals surface area contributed by atoms with Crippen molar-refractivity contribution in [3.05, 3.63) is 28.2 Å². The van der Waals surface area contributed by atoms with E-state index in [2.05, 4.69) is 34.2 Å². The van der Waals surface area contributed by atoms with Gasteiger partial charge < -0.3 is 14.8 Å². The van der Waals surface area contributed by atoms with Gasteiger partial charge in [0.05, 0.1) is 17.7 Å². The van der Waals surface area contributed by atoms with Crippen LogP contribution in [0.2, 0.25) is 0 Å². The Morgan fingerprint density at radius 1 is 1.50 bits per heavy atom. The number of hydrogen-bond acceptors (Lipinski definition) is 3. The van der Waals surface area contributed by atoms with Gasteiger partial charge in [0.15, 0.2) is 0 Å². The van der Waals surface area contributed by atoms with Gasteiger partial charge in [-0.05, 0) is 53.9 Å². The summed E-state index contributed by atoms with van der Waals surface area (Å²) in [5, 5.41) is 3.55. The summed E-state index contributed by atoms with van der Waals surface area (Å²) in [6, 6.07) is 6.65. The van der Waals surface area contributed by atoms with E-state index >= 15 is 0 Å². The van der Waals surface area contributed by atoms with Gasteiger partial charge in [-0.15, -0.1) is 0 Å². The molecule has 1 aromatic carbocycles. The summed E-state index contributed by atoms with van der Waals surface area (Å²) in [7, 11) is 1.71. The normalized spacial score (nSPS) is 23.3. The van der Waals surface area contributed by atoms with Crippen LogP contribution in [-0.2, 0) is 11.2 Å². The second-order valence-corrected chi connectivity index (χ2v) is 5.46. The molecule has 3 nitrogen and oxygen atoms in total. The van der Waals surface area contributed by atoms with Crippen LogP contribution in [0.1, 0.15) is 18.9 Å². The second-order valence-electron chi connectivity index (χ2n) is 4.61. The molecule has 1 fully saturated rings. The van der Waals surface area contributed by atoms with Gasteiger partial charge in [-0.2, -0.15) is 0 Å². The average Bonchev–Trinajstić information content (AvgIpc) is 2.75. The highest BCUT2D eigenvalue weighted by Crippen LogP contribution is 2.28. The molecule has 0 spiro atoms. The number of halogens is 1. The van der Waals surface area contributed by atoms with E-state index in [1.165, 1.54) is 5.56 Å². The average molecular weight is 314 g/mol. The third kappa shape index (κ3) is 3.25. The van der Waals surface area contributed by atoms with Crippen molar-refractivity contribution < 1.29 is 9.47 Å². The minimum absolute atomic E-state index is 0.328.